The minimum Gasteiger partial charge on any atom is -0.480 e. The summed E-state index contributed by atoms with van der Waals surface area (Å²) in [6, 6.07) is 16.4. The Morgan fingerprint density at radius 2 is 1.59 bits per heavy atom. The highest BCUT2D eigenvalue weighted by Crippen LogP contribution is 2.28. The lowest BCUT2D eigenvalue weighted by atomic mass is 10.0. The van der Waals surface area contributed by atoms with Crippen molar-refractivity contribution in [1.29, 1.82) is 0 Å². The van der Waals surface area contributed by atoms with Crippen molar-refractivity contribution in [3.8, 4) is 11.1 Å². The number of halogens is 2. The number of carboxylic acid groups (broad SMARTS) is 1. The Morgan fingerprint density at radius 3 is 2.18 bits per heavy atom. The summed E-state index contributed by atoms with van der Waals surface area (Å²) in [5.41, 5.74) is 2.08. The van der Waals surface area contributed by atoms with E-state index in [2.05, 4.69) is 10.0 Å². The van der Waals surface area contributed by atoms with E-state index in [1.807, 2.05) is 0 Å². The average molecular weight is 521 g/mol. The molecule has 3 rings (SSSR count). The molecule has 0 heterocycles. The highest BCUT2D eigenvalue weighted by molar-refractivity contribution is 7.92. The predicted molar refractivity (Wildman–Crippen MR) is 133 cm³/mol. The third-order valence-electron chi connectivity index (χ3n) is 5.00. The Bertz CT molecular complexity index is 1330. The van der Waals surface area contributed by atoms with Gasteiger partial charge in [0.2, 0.25) is 0 Å². The maximum absolute atomic E-state index is 12.8. The van der Waals surface area contributed by atoms with Gasteiger partial charge in [0.25, 0.3) is 15.9 Å². The largest absolute Gasteiger partial charge is 0.480 e. The molecule has 1 amide bonds. The second-order valence-electron chi connectivity index (χ2n) is 7.87. The molecule has 0 fully saturated rings. The number of rotatable bonds is 8. The Balaban J connectivity index is 1.79. The van der Waals surface area contributed by atoms with Gasteiger partial charge in [0.05, 0.1) is 5.02 Å². The molecule has 3 aromatic carbocycles. The summed E-state index contributed by atoms with van der Waals surface area (Å²) >= 11 is 11.9. The Morgan fingerprint density at radius 1 is 0.912 bits per heavy atom. The van der Waals surface area contributed by atoms with Crippen molar-refractivity contribution in [3.63, 3.8) is 0 Å². The van der Waals surface area contributed by atoms with Gasteiger partial charge in [0, 0.05) is 16.3 Å². The molecule has 10 heteroatoms. The molecule has 1 atom stereocenters. The fourth-order valence-electron chi connectivity index (χ4n) is 3.22. The van der Waals surface area contributed by atoms with Gasteiger partial charge in [-0.2, -0.15) is 0 Å². The van der Waals surface area contributed by atoms with Gasteiger partial charge in [-0.3, -0.25) is 9.52 Å². The van der Waals surface area contributed by atoms with E-state index >= 15 is 0 Å². The quantitative estimate of drug-likeness (QED) is 0.373. The third-order valence-corrected chi connectivity index (χ3v) is 7.10. The molecule has 0 spiro atoms. The van der Waals surface area contributed by atoms with E-state index in [0.717, 1.165) is 5.56 Å². The van der Waals surface area contributed by atoms with Crippen molar-refractivity contribution in [2.75, 3.05) is 4.72 Å². The van der Waals surface area contributed by atoms with Gasteiger partial charge in [-0.05, 0) is 59.5 Å². The highest BCUT2D eigenvalue weighted by Gasteiger charge is 2.24. The summed E-state index contributed by atoms with van der Waals surface area (Å²) in [7, 11) is -3.94. The number of carboxylic acids is 1. The van der Waals surface area contributed by atoms with E-state index in [1.54, 1.807) is 62.4 Å². The summed E-state index contributed by atoms with van der Waals surface area (Å²) in [5.74, 6) is -1.86. The molecule has 0 bridgehead atoms. The van der Waals surface area contributed by atoms with Gasteiger partial charge in [-0.1, -0.05) is 61.3 Å². The van der Waals surface area contributed by atoms with Crippen LogP contribution >= 0.6 is 23.2 Å². The number of amides is 1. The van der Waals surface area contributed by atoms with Crippen molar-refractivity contribution < 1.29 is 23.1 Å². The molecular weight excluding hydrogens is 499 g/mol. The molecule has 0 radical (unpaired) electrons. The number of aliphatic carboxylic acids is 1. The maximum Gasteiger partial charge on any atom is 0.326 e. The van der Waals surface area contributed by atoms with Gasteiger partial charge >= 0.3 is 5.97 Å². The lowest BCUT2D eigenvalue weighted by Crippen LogP contribution is -2.44. The van der Waals surface area contributed by atoms with E-state index in [-0.39, 0.29) is 15.8 Å². The molecule has 3 aromatic rings. The minimum absolute atomic E-state index is 0.00706. The average Bonchev–Trinajstić information content (AvgIpc) is 2.76. The lowest BCUT2D eigenvalue weighted by Gasteiger charge is -2.18. The van der Waals surface area contributed by atoms with Crippen LogP contribution in [-0.2, 0) is 14.8 Å². The number of benzene rings is 3. The van der Waals surface area contributed by atoms with Gasteiger partial charge < -0.3 is 10.4 Å². The fourth-order valence-corrected chi connectivity index (χ4v) is 5.04. The fraction of sp³-hybridized carbons (Fsp3) is 0.167. The van der Waals surface area contributed by atoms with Crippen LogP contribution in [0.25, 0.3) is 11.1 Å². The molecule has 3 N–H and O–H groups in total. The third kappa shape index (κ3) is 6.08. The van der Waals surface area contributed by atoms with Gasteiger partial charge in [0.1, 0.15) is 10.9 Å². The summed E-state index contributed by atoms with van der Waals surface area (Å²) in [4.78, 5) is 23.7. The first-order valence-corrected chi connectivity index (χ1v) is 12.4. The highest BCUT2D eigenvalue weighted by atomic mass is 35.5. The van der Waals surface area contributed by atoms with Crippen LogP contribution in [-0.4, -0.2) is 31.4 Å². The molecule has 0 saturated carbocycles. The van der Waals surface area contributed by atoms with E-state index in [9.17, 15) is 23.1 Å². The van der Waals surface area contributed by atoms with Crippen LogP contribution in [0.1, 0.15) is 24.2 Å². The predicted octanol–water partition coefficient (Wildman–Crippen LogP) is 5.30. The first-order valence-electron chi connectivity index (χ1n) is 10.2. The first kappa shape index (κ1) is 25.6. The summed E-state index contributed by atoms with van der Waals surface area (Å²) < 4.78 is 28.0. The number of nitrogens with one attached hydrogen (secondary N) is 2. The maximum atomic E-state index is 12.8. The second-order valence-corrected chi connectivity index (χ2v) is 10.4. The molecular formula is C24H22Cl2N2O5S. The van der Waals surface area contributed by atoms with Gasteiger partial charge in [-0.15, -0.1) is 0 Å². The van der Waals surface area contributed by atoms with Crippen molar-refractivity contribution in [1.82, 2.24) is 5.32 Å². The van der Waals surface area contributed by atoms with Crippen LogP contribution in [0, 0.1) is 5.92 Å². The van der Waals surface area contributed by atoms with Crippen LogP contribution < -0.4 is 10.0 Å². The molecule has 0 aromatic heterocycles. The Kier molecular flexibility index (Phi) is 7.86. The molecule has 0 saturated heterocycles. The van der Waals surface area contributed by atoms with Crippen molar-refractivity contribution in [2.45, 2.75) is 24.8 Å². The van der Waals surface area contributed by atoms with E-state index in [1.165, 1.54) is 18.2 Å². The lowest BCUT2D eigenvalue weighted by molar-refractivity contribution is -0.140. The standard InChI is InChI=1S/C24H22Cl2N2O5S/c1-14(2)22(24(30)31)27-23(29)16-8-6-15(7-9-16)17-4-3-5-19(12-17)28-34(32,33)21-11-10-18(25)13-20(21)26/h3-14,22,28H,1-2H3,(H,27,29)(H,30,31)/t22-/m0/s1. The topological polar surface area (TPSA) is 113 Å². The second kappa shape index (κ2) is 10.5. The molecule has 0 unspecified atom stereocenters. The van der Waals surface area contributed by atoms with Crippen molar-refractivity contribution >= 4 is 50.8 Å². The van der Waals surface area contributed by atoms with Crippen LogP contribution in [0.3, 0.4) is 0 Å². The first-order chi connectivity index (χ1) is 16.0. The number of carbonyl (C=O) groups excluding carboxylic acids is 1. The molecule has 178 valence electrons. The molecule has 34 heavy (non-hydrogen) atoms. The van der Waals surface area contributed by atoms with Crippen molar-refractivity contribution in [2.24, 2.45) is 5.92 Å². The van der Waals surface area contributed by atoms with E-state index < -0.39 is 27.9 Å². The smallest absolute Gasteiger partial charge is 0.326 e. The number of carbonyl (C=O) groups is 2. The summed E-state index contributed by atoms with van der Waals surface area (Å²) in [5, 5.41) is 12.1. The van der Waals surface area contributed by atoms with E-state index in [0.29, 0.717) is 21.8 Å². The molecule has 0 aliphatic rings. The normalized spacial score (nSPS) is 12.3. The van der Waals surface area contributed by atoms with Crippen LogP contribution in [0.5, 0.6) is 0 Å². The summed E-state index contributed by atoms with van der Waals surface area (Å²) in [6.07, 6.45) is 0. The van der Waals surface area contributed by atoms with Gasteiger partial charge in [0.15, 0.2) is 0 Å². The monoisotopic (exact) mass is 520 g/mol. The van der Waals surface area contributed by atoms with Crippen LogP contribution in [0.2, 0.25) is 10.0 Å². The molecule has 7 nitrogen and oxygen atoms in total. The minimum atomic E-state index is -3.94. The zero-order valence-corrected chi connectivity index (χ0v) is 20.6. The number of anilines is 1. The Hall–Kier alpha value is -3.07. The number of sulfonamides is 1. The van der Waals surface area contributed by atoms with Gasteiger partial charge in [-0.25, -0.2) is 13.2 Å². The molecule has 0 aliphatic heterocycles. The zero-order chi connectivity index (χ0) is 25.0. The SMILES string of the molecule is CC(C)[C@H](NC(=O)c1ccc(-c2cccc(NS(=O)(=O)c3ccc(Cl)cc3Cl)c2)cc1)C(=O)O. The summed E-state index contributed by atoms with van der Waals surface area (Å²) in [6.45, 7) is 3.43. The molecule has 0 aliphatic carbocycles. The number of hydrogen-bond donors (Lipinski definition) is 3. The van der Waals surface area contributed by atoms with E-state index in [4.69, 9.17) is 23.2 Å². The van der Waals surface area contributed by atoms with Crippen LogP contribution in [0.15, 0.2) is 71.6 Å². The Labute approximate surface area is 207 Å². The zero-order valence-electron chi connectivity index (χ0n) is 18.2. The van der Waals surface area contributed by atoms with Crippen molar-refractivity contribution in [3.05, 3.63) is 82.3 Å². The number of hydrogen-bond acceptors (Lipinski definition) is 4. The van der Waals surface area contributed by atoms with Crippen LogP contribution in [0.4, 0.5) is 5.69 Å².